The molecule has 1 aliphatic rings. The van der Waals surface area contributed by atoms with E-state index in [9.17, 15) is 24.7 Å². The van der Waals surface area contributed by atoms with Crippen molar-refractivity contribution in [2.75, 3.05) is 12.8 Å². The molecule has 0 aromatic carbocycles. The van der Waals surface area contributed by atoms with Crippen LogP contribution >= 0.6 is 7.60 Å². The van der Waals surface area contributed by atoms with Gasteiger partial charge in [-0.05, 0) is 19.3 Å². The van der Waals surface area contributed by atoms with Gasteiger partial charge in [0.05, 0.1) is 12.3 Å². The van der Waals surface area contributed by atoms with E-state index in [0.29, 0.717) is 19.3 Å². The molecule has 0 aromatic heterocycles. The first-order valence-corrected chi connectivity index (χ1v) is 9.80. The minimum atomic E-state index is -4.28. The molecule has 1 fully saturated rings. The predicted molar refractivity (Wildman–Crippen MR) is 96.5 cm³/mol. The molecule has 1 heterocycles. The van der Waals surface area contributed by atoms with Crippen molar-refractivity contribution in [1.82, 2.24) is 5.43 Å². The van der Waals surface area contributed by atoms with E-state index in [0.717, 1.165) is 0 Å². The Bertz CT molecular complexity index is 471. The molecule has 0 saturated carbocycles. The van der Waals surface area contributed by atoms with Crippen molar-refractivity contribution >= 4 is 72.6 Å². The number of hydrazine groups is 1. The van der Waals surface area contributed by atoms with Crippen LogP contribution in [0.2, 0.25) is 0 Å². The maximum absolute atomic E-state index is 10.9. The third-order valence-corrected chi connectivity index (χ3v) is 4.71. The molecule has 8 N–H and O–H groups in total. The summed E-state index contributed by atoms with van der Waals surface area (Å²) in [6, 6.07) is 0. The Morgan fingerprint density at radius 1 is 1.07 bits per heavy atom. The fourth-order valence-corrected chi connectivity index (χ4v) is 3.02. The van der Waals surface area contributed by atoms with Crippen molar-refractivity contribution in [1.29, 1.82) is 0 Å². The van der Waals surface area contributed by atoms with E-state index in [1.165, 1.54) is 0 Å². The average molecular weight is 432 g/mol. The number of nitrogens with one attached hydrogen (secondary N) is 1. The second-order valence-corrected chi connectivity index (χ2v) is 7.72. The molecule has 0 spiro atoms. The molecule has 11 nitrogen and oxygen atoms in total. The Labute approximate surface area is 202 Å². The molecule has 5 atom stereocenters. The summed E-state index contributed by atoms with van der Waals surface area (Å²) in [7, 11) is -4.28. The van der Waals surface area contributed by atoms with Gasteiger partial charge < -0.3 is 34.6 Å². The summed E-state index contributed by atoms with van der Waals surface area (Å²) in [5.41, 5.74) is 2.02. The summed E-state index contributed by atoms with van der Waals surface area (Å²) < 4.78 is 21.6. The van der Waals surface area contributed by atoms with Crippen LogP contribution in [0.1, 0.15) is 32.1 Å². The first-order chi connectivity index (χ1) is 11.7. The molecule has 14 heteroatoms. The Balaban J connectivity index is 0. The van der Waals surface area contributed by atoms with Crippen LogP contribution in [0.15, 0.2) is 0 Å². The molecule has 0 aromatic rings. The standard InChI is InChI=1S/C13H27N2O9P.2Na/c14-15-9(16)4-2-1-3-6-23-13-12(19)11(18)10(17)8(24-13)5-7-25(20,21)22;;/h8,10-13,17-19H,1-7,14H2,(H,15,16)(H2,20,21,22);;/t8-,10-,11+,12+,13+;;/m1../s1. The summed E-state index contributed by atoms with van der Waals surface area (Å²) in [6.45, 7) is 0.181. The number of aliphatic hydroxyl groups is 3. The Morgan fingerprint density at radius 3 is 2.26 bits per heavy atom. The van der Waals surface area contributed by atoms with Gasteiger partial charge in [0, 0.05) is 72.1 Å². The SMILES string of the molecule is NNC(=O)CCCCCO[C@H]1O[C@H](CCP(=O)(O)O)[C@@H](O)[C@H](O)[C@@H]1O.[Na].[Na]. The maximum Gasteiger partial charge on any atom is 0.325 e. The minimum absolute atomic E-state index is 0. The van der Waals surface area contributed by atoms with Gasteiger partial charge in [-0.1, -0.05) is 6.42 Å². The average Bonchev–Trinajstić information content (AvgIpc) is 2.55. The number of amides is 1. The van der Waals surface area contributed by atoms with Crippen molar-refractivity contribution < 1.29 is 43.9 Å². The number of rotatable bonds is 10. The normalized spacial score (nSPS) is 28.0. The van der Waals surface area contributed by atoms with E-state index in [-0.39, 0.29) is 84.5 Å². The van der Waals surface area contributed by atoms with Crippen LogP contribution in [0.4, 0.5) is 0 Å². The zero-order valence-electron chi connectivity index (χ0n) is 15.7. The summed E-state index contributed by atoms with van der Waals surface area (Å²) in [6.07, 6.45) is -5.37. The van der Waals surface area contributed by atoms with Crippen LogP contribution in [0.25, 0.3) is 0 Å². The van der Waals surface area contributed by atoms with E-state index in [2.05, 4.69) is 0 Å². The van der Waals surface area contributed by atoms with Gasteiger partial charge in [-0.25, -0.2) is 5.84 Å². The third-order valence-electron chi connectivity index (χ3n) is 3.86. The third kappa shape index (κ3) is 12.0. The Kier molecular flexibility index (Phi) is 17.2. The molecule has 1 amide bonds. The predicted octanol–water partition coefficient (Wildman–Crippen LogP) is -2.83. The van der Waals surface area contributed by atoms with Crippen molar-refractivity contribution in [2.24, 2.45) is 5.84 Å². The molecule has 150 valence electrons. The van der Waals surface area contributed by atoms with Crippen molar-refractivity contribution in [3.8, 4) is 0 Å². The fraction of sp³-hybridized carbons (Fsp3) is 0.923. The van der Waals surface area contributed by atoms with Gasteiger partial charge in [0.2, 0.25) is 5.91 Å². The second-order valence-electron chi connectivity index (χ2n) is 5.94. The number of aliphatic hydroxyl groups excluding tert-OH is 3. The maximum atomic E-state index is 10.9. The monoisotopic (exact) mass is 432 g/mol. The van der Waals surface area contributed by atoms with E-state index in [1.807, 2.05) is 5.43 Å². The number of unbranched alkanes of at least 4 members (excludes halogenated alkanes) is 2. The molecule has 0 bridgehead atoms. The molecule has 0 aliphatic carbocycles. The van der Waals surface area contributed by atoms with Crippen molar-refractivity contribution in [3.63, 3.8) is 0 Å². The first-order valence-electron chi connectivity index (χ1n) is 8.01. The molecular formula is C13H27N2Na2O9P. The van der Waals surface area contributed by atoms with Crippen LogP contribution in [-0.4, -0.2) is 134 Å². The molecule has 27 heavy (non-hydrogen) atoms. The topological polar surface area (TPSA) is 192 Å². The molecule has 2 radical (unpaired) electrons. The zero-order chi connectivity index (χ0) is 19.0. The van der Waals surface area contributed by atoms with Gasteiger partial charge in [0.15, 0.2) is 6.29 Å². The van der Waals surface area contributed by atoms with Crippen LogP contribution < -0.4 is 11.3 Å². The number of ether oxygens (including phenoxy) is 2. The Hall–Kier alpha value is 1.38. The number of carbonyl (C=O) groups excluding carboxylic acids is 1. The van der Waals surface area contributed by atoms with Gasteiger partial charge in [-0.3, -0.25) is 14.8 Å². The number of hydrogen-bond acceptors (Lipinski definition) is 8. The van der Waals surface area contributed by atoms with Gasteiger partial charge in [-0.2, -0.15) is 0 Å². The van der Waals surface area contributed by atoms with Crippen LogP contribution in [0.3, 0.4) is 0 Å². The molecule has 1 aliphatic heterocycles. The van der Waals surface area contributed by atoms with E-state index >= 15 is 0 Å². The smallest absolute Gasteiger partial charge is 0.325 e. The van der Waals surface area contributed by atoms with Gasteiger partial charge in [0.1, 0.15) is 18.3 Å². The summed E-state index contributed by atoms with van der Waals surface area (Å²) >= 11 is 0. The minimum Gasteiger partial charge on any atom is -0.388 e. The summed E-state index contributed by atoms with van der Waals surface area (Å²) in [4.78, 5) is 28.7. The van der Waals surface area contributed by atoms with Gasteiger partial charge in [0.25, 0.3) is 0 Å². The molecule has 1 saturated heterocycles. The molecular weight excluding hydrogens is 405 g/mol. The number of carbonyl (C=O) groups is 1. The van der Waals surface area contributed by atoms with Crippen LogP contribution in [0, 0.1) is 0 Å². The number of nitrogens with two attached hydrogens (primary N) is 1. The quantitative estimate of drug-likeness (QED) is 0.0473. The van der Waals surface area contributed by atoms with E-state index in [4.69, 9.17) is 25.1 Å². The largest absolute Gasteiger partial charge is 0.388 e. The molecule has 0 unspecified atom stereocenters. The van der Waals surface area contributed by atoms with Crippen molar-refractivity contribution in [3.05, 3.63) is 0 Å². The fourth-order valence-electron chi connectivity index (χ4n) is 2.42. The van der Waals surface area contributed by atoms with Gasteiger partial charge >= 0.3 is 7.60 Å². The van der Waals surface area contributed by atoms with E-state index in [1.54, 1.807) is 0 Å². The molecule has 1 rings (SSSR count). The van der Waals surface area contributed by atoms with Crippen molar-refractivity contribution in [2.45, 2.75) is 62.8 Å². The first kappa shape index (κ1) is 30.6. The summed E-state index contributed by atoms with van der Waals surface area (Å²) in [5, 5.41) is 29.6. The zero-order valence-corrected chi connectivity index (χ0v) is 20.6. The van der Waals surface area contributed by atoms with E-state index < -0.39 is 44.5 Å². The second kappa shape index (κ2) is 15.2. The van der Waals surface area contributed by atoms with Gasteiger partial charge in [-0.15, -0.1) is 0 Å². The summed E-state index contributed by atoms with van der Waals surface area (Å²) in [5.74, 6) is 4.69. The Morgan fingerprint density at radius 2 is 1.70 bits per heavy atom. The number of hydrogen-bond donors (Lipinski definition) is 7. The van der Waals surface area contributed by atoms with Crippen LogP contribution in [0.5, 0.6) is 0 Å². The van der Waals surface area contributed by atoms with Crippen LogP contribution in [-0.2, 0) is 18.8 Å².